The molecule has 1 amide bonds. The molecule has 1 aliphatic rings. The summed E-state index contributed by atoms with van der Waals surface area (Å²) in [5.41, 5.74) is 0. The van der Waals surface area contributed by atoms with Crippen molar-refractivity contribution in [3.05, 3.63) is 0 Å². The number of aliphatic hydroxyl groups excluding tert-OH is 1. The average molecular weight is 215 g/mol. The molecule has 1 unspecified atom stereocenters. The van der Waals surface area contributed by atoms with E-state index in [0.717, 1.165) is 0 Å². The van der Waals surface area contributed by atoms with Crippen LogP contribution in [0.2, 0.25) is 0 Å². The van der Waals surface area contributed by atoms with Crippen molar-refractivity contribution in [2.75, 3.05) is 6.54 Å². The predicted molar refractivity (Wildman–Crippen MR) is 53.2 cm³/mol. The van der Waals surface area contributed by atoms with E-state index in [4.69, 9.17) is 10.2 Å². The van der Waals surface area contributed by atoms with E-state index >= 15 is 0 Å². The molecule has 0 aromatic rings. The maximum absolute atomic E-state index is 11.5. The lowest BCUT2D eigenvalue weighted by atomic mass is 10.0. The van der Waals surface area contributed by atoms with E-state index in [1.54, 1.807) is 6.92 Å². The zero-order chi connectivity index (χ0) is 11.4. The Morgan fingerprint density at radius 2 is 2.00 bits per heavy atom. The Hall–Kier alpha value is -1.10. The zero-order valence-corrected chi connectivity index (χ0v) is 8.77. The Morgan fingerprint density at radius 1 is 1.40 bits per heavy atom. The van der Waals surface area contributed by atoms with Crippen LogP contribution in [0.15, 0.2) is 0 Å². The van der Waals surface area contributed by atoms with E-state index in [2.05, 4.69) is 5.32 Å². The number of aliphatic hydroxyl groups is 1. The van der Waals surface area contributed by atoms with Gasteiger partial charge in [0.15, 0.2) is 0 Å². The molecule has 1 rings (SSSR count). The first kappa shape index (κ1) is 12.0. The molecule has 3 atom stereocenters. The van der Waals surface area contributed by atoms with Gasteiger partial charge in [-0.05, 0) is 26.2 Å². The zero-order valence-electron chi connectivity index (χ0n) is 8.77. The van der Waals surface area contributed by atoms with Crippen molar-refractivity contribution in [1.29, 1.82) is 0 Å². The van der Waals surface area contributed by atoms with E-state index < -0.39 is 12.1 Å². The molecule has 0 radical (unpaired) electrons. The van der Waals surface area contributed by atoms with Gasteiger partial charge in [0, 0.05) is 12.5 Å². The molecule has 1 saturated carbocycles. The normalized spacial score (nSPS) is 27.3. The van der Waals surface area contributed by atoms with Gasteiger partial charge in [-0.3, -0.25) is 9.59 Å². The second-order valence-corrected chi connectivity index (χ2v) is 4.14. The van der Waals surface area contributed by atoms with E-state index in [-0.39, 0.29) is 24.3 Å². The van der Waals surface area contributed by atoms with Gasteiger partial charge in [-0.15, -0.1) is 0 Å². The van der Waals surface area contributed by atoms with Crippen molar-refractivity contribution < 1.29 is 19.8 Å². The largest absolute Gasteiger partial charge is 0.481 e. The summed E-state index contributed by atoms with van der Waals surface area (Å²) >= 11 is 0. The maximum atomic E-state index is 11.5. The predicted octanol–water partition coefficient (Wildman–Crippen LogP) is -0.0157. The molecule has 86 valence electrons. The first-order chi connectivity index (χ1) is 7.00. The molecule has 0 spiro atoms. The number of carbonyl (C=O) groups excluding carboxylic acids is 1. The summed E-state index contributed by atoms with van der Waals surface area (Å²) < 4.78 is 0. The van der Waals surface area contributed by atoms with Crippen molar-refractivity contribution in [1.82, 2.24) is 5.32 Å². The van der Waals surface area contributed by atoms with Gasteiger partial charge >= 0.3 is 5.97 Å². The molecule has 5 heteroatoms. The van der Waals surface area contributed by atoms with Crippen molar-refractivity contribution in [2.24, 2.45) is 11.8 Å². The molecule has 5 nitrogen and oxygen atoms in total. The van der Waals surface area contributed by atoms with Crippen LogP contribution in [-0.2, 0) is 9.59 Å². The molecule has 1 fully saturated rings. The highest BCUT2D eigenvalue weighted by molar-refractivity contribution is 5.80. The third-order valence-corrected chi connectivity index (χ3v) is 2.72. The van der Waals surface area contributed by atoms with Gasteiger partial charge in [0.2, 0.25) is 5.91 Å². The molecule has 3 N–H and O–H groups in total. The van der Waals surface area contributed by atoms with Crippen LogP contribution in [0.3, 0.4) is 0 Å². The Labute approximate surface area is 88.5 Å². The molecule has 0 heterocycles. The molecular weight excluding hydrogens is 198 g/mol. The van der Waals surface area contributed by atoms with Crippen LogP contribution in [0.4, 0.5) is 0 Å². The first-order valence-corrected chi connectivity index (χ1v) is 5.19. The van der Waals surface area contributed by atoms with Crippen molar-refractivity contribution in [2.45, 2.75) is 32.3 Å². The molecule has 0 aromatic heterocycles. The number of hydrogen-bond donors (Lipinski definition) is 3. The van der Waals surface area contributed by atoms with Crippen molar-refractivity contribution in [3.63, 3.8) is 0 Å². The summed E-state index contributed by atoms with van der Waals surface area (Å²) in [5, 5.41) is 20.3. The molecule has 15 heavy (non-hydrogen) atoms. The third kappa shape index (κ3) is 3.51. The molecule has 0 bridgehead atoms. The number of amides is 1. The lowest BCUT2D eigenvalue weighted by molar-refractivity contribution is -0.141. The Bertz CT molecular complexity index is 252. The van der Waals surface area contributed by atoms with Gasteiger partial charge in [-0.1, -0.05) is 0 Å². The maximum Gasteiger partial charge on any atom is 0.306 e. The minimum Gasteiger partial charge on any atom is -0.481 e. The fraction of sp³-hybridized carbons (Fsp3) is 0.800. The van der Waals surface area contributed by atoms with Crippen LogP contribution in [0.1, 0.15) is 26.2 Å². The van der Waals surface area contributed by atoms with Crippen molar-refractivity contribution >= 4 is 11.9 Å². The number of hydrogen-bond acceptors (Lipinski definition) is 3. The lowest BCUT2D eigenvalue weighted by Gasteiger charge is -2.11. The Morgan fingerprint density at radius 3 is 2.47 bits per heavy atom. The topological polar surface area (TPSA) is 86.6 Å². The summed E-state index contributed by atoms with van der Waals surface area (Å²) in [6.45, 7) is 1.82. The van der Waals surface area contributed by atoms with Gasteiger partial charge in [0.05, 0.1) is 12.0 Å². The monoisotopic (exact) mass is 215 g/mol. The van der Waals surface area contributed by atoms with Crippen LogP contribution in [0, 0.1) is 11.8 Å². The molecule has 0 saturated heterocycles. The summed E-state index contributed by atoms with van der Waals surface area (Å²) in [6.07, 6.45) is 1.05. The van der Waals surface area contributed by atoms with Gasteiger partial charge in [0.25, 0.3) is 0 Å². The first-order valence-electron chi connectivity index (χ1n) is 5.19. The SMILES string of the molecule is CC(O)CNC(=O)[C@@H]1CC[C@H](C(=O)O)C1. The quantitative estimate of drug-likeness (QED) is 0.615. The highest BCUT2D eigenvalue weighted by atomic mass is 16.4. The highest BCUT2D eigenvalue weighted by Crippen LogP contribution is 2.30. The molecular formula is C10H17NO4. The minimum absolute atomic E-state index is 0.139. The van der Waals surface area contributed by atoms with E-state index in [1.807, 2.05) is 0 Å². The van der Waals surface area contributed by atoms with Crippen molar-refractivity contribution in [3.8, 4) is 0 Å². The third-order valence-electron chi connectivity index (χ3n) is 2.72. The standard InChI is InChI=1S/C10H17NO4/c1-6(12)5-11-9(13)7-2-3-8(4-7)10(14)15/h6-8,12H,2-5H2,1H3,(H,11,13)(H,14,15)/t6?,7-,8+/m1/s1. The fourth-order valence-electron chi connectivity index (χ4n) is 1.84. The van der Waals surface area contributed by atoms with E-state index in [1.165, 1.54) is 0 Å². The number of carbonyl (C=O) groups is 2. The number of rotatable bonds is 4. The van der Waals surface area contributed by atoms with Crippen LogP contribution in [0.5, 0.6) is 0 Å². The number of carboxylic acids is 1. The highest BCUT2D eigenvalue weighted by Gasteiger charge is 2.33. The summed E-state index contributed by atoms with van der Waals surface area (Å²) in [4.78, 5) is 22.2. The van der Waals surface area contributed by atoms with Crippen LogP contribution in [-0.4, -0.2) is 34.7 Å². The summed E-state index contributed by atoms with van der Waals surface area (Å²) in [5.74, 6) is -1.54. The average Bonchev–Trinajstić information content (AvgIpc) is 2.62. The summed E-state index contributed by atoms with van der Waals surface area (Å²) in [7, 11) is 0. The Kier molecular flexibility index (Phi) is 4.08. The van der Waals surface area contributed by atoms with Crippen LogP contribution in [0.25, 0.3) is 0 Å². The van der Waals surface area contributed by atoms with Gasteiger partial charge in [0.1, 0.15) is 0 Å². The van der Waals surface area contributed by atoms with Gasteiger partial charge in [-0.25, -0.2) is 0 Å². The number of aliphatic carboxylic acids is 1. The smallest absolute Gasteiger partial charge is 0.306 e. The van der Waals surface area contributed by atoms with E-state index in [0.29, 0.717) is 19.3 Å². The fourth-order valence-corrected chi connectivity index (χ4v) is 1.84. The van der Waals surface area contributed by atoms with Crippen LogP contribution >= 0.6 is 0 Å². The minimum atomic E-state index is -0.819. The molecule has 0 aromatic carbocycles. The van der Waals surface area contributed by atoms with Gasteiger partial charge < -0.3 is 15.5 Å². The van der Waals surface area contributed by atoms with Crippen LogP contribution < -0.4 is 5.32 Å². The second kappa shape index (κ2) is 5.11. The number of nitrogens with one attached hydrogen (secondary N) is 1. The Balaban J connectivity index is 2.33. The lowest BCUT2D eigenvalue weighted by Crippen LogP contribution is -2.34. The van der Waals surface area contributed by atoms with E-state index in [9.17, 15) is 9.59 Å². The second-order valence-electron chi connectivity index (χ2n) is 4.14. The summed E-state index contributed by atoms with van der Waals surface area (Å²) in [6, 6.07) is 0. The number of carboxylic acid groups (broad SMARTS) is 1. The molecule has 0 aliphatic heterocycles. The molecule has 1 aliphatic carbocycles. The van der Waals surface area contributed by atoms with Gasteiger partial charge in [-0.2, -0.15) is 0 Å².